The monoisotopic (exact) mass is 528 g/mol. The Morgan fingerprint density at radius 3 is 2.36 bits per heavy atom. The molecule has 0 bridgehead atoms. The smallest absolute Gasteiger partial charge is 0.255 e. The second kappa shape index (κ2) is 10.6. The summed E-state index contributed by atoms with van der Waals surface area (Å²) < 4.78 is 0. The highest BCUT2D eigenvalue weighted by Gasteiger charge is 2.47. The number of hydrogen-bond donors (Lipinski definition) is 4. The number of primary amides is 1. The standard InChI is InChI=1S/C27H26Cl2N2O5/c1-14(34)23(13-33)31-25(20-9-7-17(28)11-22(20)29)24(26(30)35)21-10-15(6-8-19(21)27(31)36)18-5-3-2-4-16(18)12-32/h2-11,14,23-25,32-34H,12-13H2,1H3,(H2,30,35)/t14-,23-,24+,25-/m0/s1. The van der Waals surface area contributed by atoms with E-state index < -0.39 is 42.5 Å². The molecule has 0 radical (unpaired) electrons. The Balaban J connectivity index is 2.00. The highest BCUT2D eigenvalue weighted by molar-refractivity contribution is 6.35. The molecule has 36 heavy (non-hydrogen) atoms. The summed E-state index contributed by atoms with van der Waals surface area (Å²) in [6.45, 7) is 0.723. The molecule has 1 aliphatic heterocycles. The van der Waals surface area contributed by atoms with Crippen LogP contribution >= 0.6 is 23.2 Å². The first-order valence-electron chi connectivity index (χ1n) is 11.4. The molecule has 0 spiro atoms. The number of carbonyl (C=O) groups is 2. The zero-order valence-electron chi connectivity index (χ0n) is 19.4. The predicted octanol–water partition coefficient (Wildman–Crippen LogP) is 3.66. The van der Waals surface area contributed by atoms with Crippen LogP contribution in [-0.2, 0) is 11.4 Å². The second-order valence-electron chi connectivity index (χ2n) is 8.81. The first-order valence-corrected chi connectivity index (χ1v) is 12.1. The van der Waals surface area contributed by atoms with E-state index in [9.17, 15) is 24.9 Å². The Morgan fingerprint density at radius 1 is 1.03 bits per heavy atom. The molecule has 0 unspecified atom stereocenters. The predicted molar refractivity (Wildman–Crippen MR) is 138 cm³/mol. The van der Waals surface area contributed by atoms with E-state index in [-0.39, 0.29) is 17.2 Å². The van der Waals surface area contributed by atoms with Crippen molar-refractivity contribution in [2.45, 2.75) is 37.6 Å². The quantitative estimate of drug-likeness (QED) is 0.372. The van der Waals surface area contributed by atoms with Crippen LogP contribution in [0.25, 0.3) is 11.1 Å². The first kappa shape index (κ1) is 26.1. The summed E-state index contributed by atoms with van der Waals surface area (Å²) in [7, 11) is 0. The molecule has 7 nitrogen and oxygen atoms in total. The number of aliphatic hydroxyl groups is 3. The summed E-state index contributed by atoms with van der Waals surface area (Å²) in [6.07, 6.45) is -1.11. The van der Waals surface area contributed by atoms with E-state index in [1.807, 2.05) is 18.2 Å². The van der Waals surface area contributed by atoms with Gasteiger partial charge in [-0.2, -0.15) is 0 Å². The van der Waals surface area contributed by atoms with Crippen molar-refractivity contribution < 1.29 is 24.9 Å². The number of carbonyl (C=O) groups excluding carboxylic acids is 2. The van der Waals surface area contributed by atoms with E-state index in [0.717, 1.165) is 5.56 Å². The van der Waals surface area contributed by atoms with E-state index in [0.29, 0.717) is 27.3 Å². The molecule has 5 N–H and O–H groups in total. The highest BCUT2D eigenvalue weighted by atomic mass is 35.5. The van der Waals surface area contributed by atoms with Gasteiger partial charge in [0.25, 0.3) is 5.91 Å². The Kier molecular flexibility index (Phi) is 7.68. The number of hydrogen-bond acceptors (Lipinski definition) is 5. The van der Waals surface area contributed by atoms with Crippen molar-refractivity contribution in [3.8, 4) is 11.1 Å². The van der Waals surface area contributed by atoms with E-state index in [4.69, 9.17) is 28.9 Å². The minimum atomic E-state index is -1.11. The summed E-state index contributed by atoms with van der Waals surface area (Å²) in [5, 5.41) is 30.9. The molecule has 0 aromatic heterocycles. The van der Waals surface area contributed by atoms with Crippen LogP contribution in [0.2, 0.25) is 10.0 Å². The summed E-state index contributed by atoms with van der Waals surface area (Å²) in [4.78, 5) is 28.2. The van der Waals surface area contributed by atoms with Crippen LogP contribution in [0.5, 0.6) is 0 Å². The van der Waals surface area contributed by atoms with Gasteiger partial charge in [-0.25, -0.2) is 0 Å². The summed E-state index contributed by atoms with van der Waals surface area (Å²) in [6, 6.07) is 15.0. The minimum Gasteiger partial charge on any atom is -0.394 e. The molecule has 3 aromatic carbocycles. The number of rotatable bonds is 7. The third-order valence-electron chi connectivity index (χ3n) is 6.65. The number of fused-ring (bicyclic) bond motifs is 1. The van der Waals surface area contributed by atoms with Crippen LogP contribution in [0.15, 0.2) is 60.7 Å². The van der Waals surface area contributed by atoms with Crippen molar-refractivity contribution >= 4 is 35.0 Å². The number of halogens is 2. The molecular formula is C27H26Cl2N2O5. The Morgan fingerprint density at radius 2 is 1.75 bits per heavy atom. The Hall–Kier alpha value is -2.94. The second-order valence-corrected chi connectivity index (χ2v) is 9.65. The summed E-state index contributed by atoms with van der Waals surface area (Å²) in [5.41, 5.74) is 9.11. The van der Waals surface area contributed by atoms with Gasteiger partial charge in [-0.15, -0.1) is 0 Å². The fourth-order valence-corrected chi connectivity index (χ4v) is 5.45. The highest BCUT2D eigenvalue weighted by Crippen LogP contribution is 2.47. The molecule has 0 aliphatic carbocycles. The molecule has 0 saturated heterocycles. The molecule has 0 saturated carbocycles. The van der Waals surface area contributed by atoms with Crippen molar-refractivity contribution in [1.82, 2.24) is 4.90 Å². The summed E-state index contributed by atoms with van der Waals surface area (Å²) >= 11 is 12.6. The lowest BCUT2D eigenvalue weighted by Crippen LogP contribution is -2.55. The van der Waals surface area contributed by atoms with E-state index in [2.05, 4.69) is 0 Å². The molecular weight excluding hydrogens is 503 g/mol. The van der Waals surface area contributed by atoms with Crippen LogP contribution in [0.1, 0.15) is 45.9 Å². The molecule has 2 amide bonds. The van der Waals surface area contributed by atoms with Crippen LogP contribution in [0, 0.1) is 0 Å². The minimum absolute atomic E-state index is 0.186. The lowest BCUT2D eigenvalue weighted by molar-refractivity contribution is -0.121. The van der Waals surface area contributed by atoms with Crippen molar-refractivity contribution in [3.05, 3.63) is 93.0 Å². The normalized spacial score (nSPS) is 19.1. The van der Waals surface area contributed by atoms with Gasteiger partial charge in [0, 0.05) is 15.6 Å². The lowest BCUT2D eigenvalue weighted by Gasteiger charge is -2.46. The maximum absolute atomic E-state index is 13.9. The van der Waals surface area contributed by atoms with Crippen molar-refractivity contribution in [2.24, 2.45) is 5.73 Å². The molecule has 188 valence electrons. The number of nitrogens with zero attached hydrogens (tertiary/aromatic N) is 1. The third kappa shape index (κ3) is 4.61. The van der Waals surface area contributed by atoms with Gasteiger partial charge < -0.3 is 26.0 Å². The topological polar surface area (TPSA) is 124 Å². The van der Waals surface area contributed by atoms with Gasteiger partial charge in [0.1, 0.15) is 0 Å². The molecule has 1 heterocycles. The van der Waals surface area contributed by atoms with Crippen LogP contribution in [0.4, 0.5) is 0 Å². The number of nitrogens with two attached hydrogens (primary N) is 1. The van der Waals surface area contributed by atoms with E-state index in [1.54, 1.807) is 36.4 Å². The fourth-order valence-electron chi connectivity index (χ4n) is 4.93. The number of amides is 2. The van der Waals surface area contributed by atoms with Gasteiger partial charge in [-0.3, -0.25) is 9.59 Å². The van der Waals surface area contributed by atoms with Gasteiger partial charge in [0.2, 0.25) is 5.91 Å². The van der Waals surface area contributed by atoms with Crippen LogP contribution < -0.4 is 5.73 Å². The molecule has 9 heteroatoms. The van der Waals surface area contributed by atoms with Crippen molar-refractivity contribution in [3.63, 3.8) is 0 Å². The van der Waals surface area contributed by atoms with Gasteiger partial charge in [0.15, 0.2) is 0 Å². The molecule has 3 aromatic rings. The van der Waals surface area contributed by atoms with Crippen molar-refractivity contribution in [1.29, 1.82) is 0 Å². The molecule has 4 atom stereocenters. The summed E-state index contributed by atoms with van der Waals surface area (Å²) in [5.74, 6) is -2.24. The maximum Gasteiger partial charge on any atom is 0.255 e. The van der Waals surface area contributed by atoms with Crippen molar-refractivity contribution in [2.75, 3.05) is 6.61 Å². The molecule has 4 rings (SSSR count). The Bertz CT molecular complexity index is 1310. The third-order valence-corrected chi connectivity index (χ3v) is 7.22. The SMILES string of the molecule is C[C@H](O)[C@H](CO)N1C(=O)c2ccc(-c3ccccc3CO)cc2[C@@H](C(N)=O)[C@@H]1c1ccc(Cl)cc1Cl. The number of aliphatic hydroxyl groups excluding tert-OH is 3. The zero-order chi connectivity index (χ0) is 26.1. The van der Waals surface area contributed by atoms with Gasteiger partial charge >= 0.3 is 0 Å². The fraction of sp³-hybridized carbons (Fsp3) is 0.259. The van der Waals surface area contributed by atoms with Gasteiger partial charge in [-0.1, -0.05) is 59.6 Å². The Labute approximate surface area is 218 Å². The van der Waals surface area contributed by atoms with Gasteiger partial charge in [0.05, 0.1) is 37.3 Å². The lowest BCUT2D eigenvalue weighted by atomic mass is 9.77. The van der Waals surface area contributed by atoms with Crippen LogP contribution in [-0.4, -0.2) is 50.8 Å². The van der Waals surface area contributed by atoms with E-state index >= 15 is 0 Å². The average molecular weight is 529 g/mol. The van der Waals surface area contributed by atoms with Crippen LogP contribution in [0.3, 0.4) is 0 Å². The number of benzene rings is 3. The maximum atomic E-state index is 13.9. The first-order chi connectivity index (χ1) is 17.2. The van der Waals surface area contributed by atoms with E-state index in [1.165, 1.54) is 17.9 Å². The average Bonchev–Trinajstić information content (AvgIpc) is 2.85. The zero-order valence-corrected chi connectivity index (χ0v) is 20.9. The molecule has 1 aliphatic rings. The van der Waals surface area contributed by atoms with Gasteiger partial charge in [-0.05, 0) is 59.0 Å². The molecule has 0 fully saturated rings. The largest absolute Gasteiger partial charge is 0.394 e.